The fourth-order valence-electron chi connectivity index (χ4n) is 3.47. The molecule has 0 aromatic heterocycles. The summed E-state index contributed by atoms with van der Waals surface area (Å²) in [4.78, 5) is 6.93. The molecule has 1 heterocycles. The Morgan fingerprint density at radius 1 is 1.00 bits per heavy atom. The summed E-state index contributed by atoms with van der Waals surface area (Å²) in [5.74, 6) is 0. The summed E-state index contributed by atoms with van der Waals surface area (Å²) in [6.07, 6.45) is 0. The van der Waals surface area contributed by atoms with Crippen LogP contribution >= 0.6 is 11.6 Å². The molecule has 0 bridgehead atoms. The van der Waals surface area contributed by atoms with Crippen LogP contribution in [-0.2, 0) is 10.0 Å². The first kappa shape index (κ1) is 22.1. The second kappa shape index (κ2) is 9.45. The standard InChI is InChI=1S/C21H29ClN4O2S/c1-24(2)19-8-4-17(5-9-19)21(26-14-12-25(3)13-15-26)16-23-29(27,28)20-10-6-18(22)7-11-20/h4-11,21,23H,12-16H2,1-3H3/t21-/m0/s1. The molecule has 3 rings (SSSR count). The van der Waals surface area contributed by atoms with Crippen LogP contribution in [0.15, 0.2) is 53.4 Å². The molecule has 1 fully saturated rings. The monoisotopic (exact) mass is 436 g/mol. The number of anilines is 1. The van der Waals surface area contributed by atoms with Crippen molar-refractivity contribution in [3.05, 3.63) is 59.1 Å². The van der Waals surface area contributed by atoms with Gasteiger partial charge in [-0.1, -0.05) is 23.7 Å². The molecule has 0 spiro atoms. The quantitative estimate of drug-likeness (QED) is 0.723. The number of hydrogen-bond donors (Lipinski definition) is 1. The number of hydrogen-bond acceptors (Lipinski definition) is 5. The van der Waals surface area contributed by atoms with E-state index in [1.165, 1.54) is 12.1 Å². The van der Waals surface area contributed by atoms with Gasteiger partial charge >= 0.3 is 0 Å². The van der Waals surface area contributed by atoms with Gasteiger partial charge in [0.1, 0.15) is 0 Å². The van der Waals surface area contributed by atoms with Crippen molar-refractivity contribution < 1.29 is 8.42 Å². The highest BCUT2D eigenvalue weighted by molar-refractivity contribution is 7.89. The summed E-state index contributed by atoms with van der Waals surface area (Å²) >= 11 is 5.89. The number of benzene rings is 2. The Kier molecular flexibility index (Phi) is 7.19. The lowest BCUT2D eigenvalue weighted by Crippen LogP contribution is -2.48. The Labute approximate surface area is 179 Å². The molecule has 0 radical (unpaired) electrons. The Bertz CT molecular complexity index is 893. The molecule has 2 aromatic carbocycles. The van der Waals surface area contributed by atoms with Crippen molar-refractivity contribution in [2.75, 3.05) is 58.8 Å². The first-order valence-corrected chi connectivity index (χ1v) is 11.6. The van der Waals surface area contributed by atoms with Crippen LogP contribution in [0, 0.1) is 0 Å². The molecule has 0 amide bonds. The molecule has 1 atom stereocenters. The third-order valence-electron chi connectivity index (χ3n) is 5.36. The maximum absolute atomic E-state index is 12.8. The zero-order valence-electron chi connectivity index (χ0n) is 17.2. The van der Waals surface area contributed by atoms with Crippen LogP contribution in [0.25, 0.3) is 0 Å². The van der Waals surface area contributed by atoms with Gasteiger partial charge < -0.3 is 9.80 Å². The van der Waals surface area contributed by atoms with Gasteiger partial charge in [0.15, 0.2) is 0 Å². The van der Waals surface area contributed by atoms with E-state index in [0.29, 0.717) is 11.6 Å². The van der Waals surface area contributed by atoms with Gasteiger partial charge in [0, 0.05) is 63.6 Å². The second-order valence-corrected chi connectivity index (χ2v) is 9.85. The van der Waals surface area contributed by atoms with Crippen molar-refractivity contribution in [2.45, 2.75) is 10.9 Å². The Balaban J connectivity index is 1.80. The third kappa shape index (κ3) is 5.71. The lowest BCUT2D eigenvalue weighted by atomic mass is 10.0. The smallest absolute Gasteiger partial charge is 0.240 e. The zero-order valence-corrected chi connectivity index (χ0v) is 18.7. The largest absolute Gasteiger partial charge is 0.378 e. The van der Waals surface area contributed by atoms with E-state index < -0.39 is 10.0 Å². The van der Waals surface area contributed by atoms with Gasteiger partial charge in [-0.15, -0.1) is 0 Å². The lowest BCUT2D eigenvalue weighted by Gasteiger charge is -2.38. The third-order valence-corrected chi connectivity index (χ3v) is 7.05. The average Bonchev–Trinajstić information content (AvgIpc) is 2.70. The molecule has 8 heteroatoms. The van der Waals surface area contributed by atoms with Crippen molar-refractivity contribution in [2.24, 2.45) is 0 Å². The Morgan fingerprint density at radius 3 is 2.14 bits per heavy atom. The number of piperazine rings is 1. The van der Waals surface area contributed by atoms with Crippen molar-refractivity contribution in [3.8, 4) is 0 Å². The van der Waals surface area contributed by atoms with E-state index in [4.69, 9.17) is 11.6 Å². The summed E-state index contributed by atoms with van der Waals surface area (Å²) < 4.78 is 28.3. The minimum Gasteiger partial charge on any atom is -0.378 e. The molecule has 29 heavy (non-hydrogen) atoms. The average molecular weight is 437 g/mol. The first-order chi connectivity index (χ1) is 13.8. The summed E-state index contributed by atoms with van der Waals surface area (Å²) in [5.41, 5.74) is 2.23. The van der Waals surface area contributed by atoms with Gasteiger partial charge in [-0.25, -0.2) is 13.1 Å². The molecule has 0 saturated carbocycles. The number of likely N-dealkylation sites (N-methyl/N-ethyl adjacent to an activating group) is 1. The number of rotatable bonds is 7. The van der Waals surface area contributed by atoms with Crippen LogP contribution in [0.2, 0.25) is 5.02 Å². The molecule has 1 aliphatic heterocycles. The van der Waals surface area contributed by atoms with Crippen LogP contribution in [0.3, 0.4) is 0 Å². The Morgan fingerprint density at radius 2 is 1.59 bits per heavy atom. The molecule has 6 nitrogen and oxygen atoms in total. The SMILES string of the molecule is CN1CCN([C@@H](CNS(=O)(=O)c2ccc(Cl)cc2)c2ccc(N(C)C)cc2)CC1. The van der Waals surface area contributed by atoms with Gasteiger partial charge in [-0.05, 0) is 49.0 Å². The van der Waals surface area contributed by atoms with Crippen LogP contribution in [0.4, 0.5) is 5.69 Å². The second-order valence-electron chi connectivity index (χ2n) is 7.65. The van der Waals surface area contributed by atoms with Crippen molar-refractivity contribution in [1.82, 2.24) is 14.5 Å². The Hall–Kier alpha value is -1.64. The van der Waals surface area contributed by atoms with E-state index in [-0.39, 0.29) is 10.9 Å². The van der Waals surface area contributed by atoms with E-state index in [2.05, 4.69) is 50.7 Å². The van der Waals surface area contributed by atoms with Gasteiger partial charge in [-0.3, -0.25) is 4.90 Å². The molecule has 0 aliphatic carbocycles. The van der Waals surface area contributed by atoms with E-state index in [0.717, 1.165) is 37.4 Å². The molecule has 1 N–H and O–H groups in total. The summed E-state index contributed by atoms with van der Waals surface area (Å²) in [6, 6.07) is 14.6. The molecule has 1 aliphatic rings. The van der Waals surface area contributed by atoms with Crippen LogP contribution in [-0.4, -0.2) is 72.1 Å². The zero-order chi connectivity index (χ0) is 21.0. The number of nitrogens with zero attached hydrogens (tertiary/aromatic N) is 3. The van der Waals surface area contributed by atoms with Crippen LogP contribution in [0.5, 0.6) is 0 Å². The highest BCUT2D eigenvalue weighted by Crippen LogP contribution is 2.25. The van der Waals surface area contributed by atoms with Gasteiger partial charge in [-0.2, -0.15) is 0 Å². The van der Waals surface area contributed by atoms with Gasteiger partial charge in [0.2, 0.25) is 10.0 Å². The van der Waals surface area contributed by atoms with Crippen molar-refractivity contribution >= 4 is 27.3 Å². The molecule has 2 aromatic rings. The molecule has 158 valence electrons. The molecule has 1 saturated heterocycles. The molecule has 0 unspecified atom stereocenters. The predicted octanol–water partition coefficient (Wildman–Crippen LogP) is 2.67. The number of sulfonamides is 1. The number of halogens is 1. The minimum atomic E-state index is -3.61. The summed E-state index contributed by atoms with van der Waals surface area (Å²) in [6.45, 7) is 4.06. The molecular formula is C21H29ClN4O2S. The normalized spacial score (nSPS) is 17.2. The maximum atomic E-state index is 12.8. The van der Waals surface area contributed by atoms with E-state index in [9.17, 15) is 8.42 Å². The predicted molar refractivity (Wildman–Crippen MR) is 119 cm³/mol. The van der Waals surface area contributed by atoms with Gasteiger partial charge in [0.25, 0.3) is 0 Å². The lowest BCUT2D eigenvalue weighted by molar-refractivity contribution is 0.113. The summed E-state index contributed by atoms with van der Waals surface area (Å²) in [7, 11) is 2.52. The minimum absolute atomic E-state index is 0.0259. The fraction of sp³-hybridized carbons (Fsp3) is 0.429. The van der Waals surface area contributed by atoms with Crippen LogP contribution < -0.4 is 9.62 Å². The highest BCUT2D eigenvalue weighted by atomic mass is 35.5. The van der Waals surface area contributed by atoms with E-state index >= 15 is 0 Å². The summed E-state index contributed by atoms with van der Waals surface area (Å²) in [5, 5.41) is 0.514. The van der Waals surface area contributed by atoms with E-state index in [1.807, 2.05) is 14.1 Å². The molecular weight excluding hydrogens is 408 g/mol. The maximum Gasteiger partial charge on any atom is 0.240 e. The first-order valence-electron chi connectivity index (χ1n) is 9.71. The van der Waals surface area contributed by atoms with E-state index in [1.54, 1.807) is 12.1 Å². The van der Waals surface area contributed by atoms with Crippen molar-refractivity contribution in [3.63, 3.8) is 0 Å². The number of nitrogens with one attached hydrogen (secondary N) is 1. The van der Waals surface area contributed by atoms with Crippen molar-refractivity contribution in [1.29, 1.82) is 0 Å². The topological polar surface area (TPSA) is 55.9 Å². The van der Waals surface area contributed by atoms with Crippen LogP contribution in [0.1, 0.15) is 11.6 Å². The highest BCUT2D eigenvalue weighted by Gasteiger charge is 2.26. The fourth-order valence-corrected chi connectivity index (χ4v) is 4.64. The van der Waals surface area contributed by atoms with Gasteiger partial charge in [0.05, 0.1) is 4.90 Å².